The number of nitrogens with zero attached hydrogens (tertiary/aromatic N) is 5. The van der Waals surface area contributed by atoms with Crippen molar-refractivity contribution in [3.8, 4) is 22.5 Å². The van der Waals surface area contributed by atoms with Crippen LogP contribution in [0, 0.1) is 12.3 Å². The molecule has 5 aromatic rings. The van der Waals surface area contributed by atoms with E-state index in [1.54, 1.807) is 0 Å². The molecule has 0 bridgehead atoms. The van der Waals surface area contributed by atoms with Gasteiger partial charge in [0.2, 0.25) is 0 Å². The van der Waals surface area contributed by atoms with Crippen molar-refractivity contribution in [1.29, 1.82) is 0 Å². The molecular weight excluding hydrogens is 410 g/mol. The molecule has 7 rings (SSSR count). The van der Waals surface area contributed by atoms with E-state index in [1.165, 1.54) is 41.1 Å². The third-order valence-electron chi connectivity index (χ3n) is 7.94. The summed E-state index contributed by atoms with van der Waals surface area (Å²) in [6.45, 7) is 4.47. The molecule has 1 aliphatic heterocycles. The smallest absolute Gasteiger partial charge is 0.112 e. The first-order valence-corrected chi connectivity index (χ1v) is 11.7. The van der Waals surface area contributed by atoms with Crippen LogP contribution in [0.25, 0.3) is 44.3 Å². The van der Waals surface area contributed by atoms with Crippen molar-refractivity contribution in [1.82, 2.24) is 34.8 Å². The summed E-state index contributed by atoms with van der Waals surface area (Å²) in [6, 6.07) is 10.9. The number of aromatic amines is 1. The highest BCUT2D eigenvalue weighted by Crippen LogP contribution is 2.54. The Morgan fingerprint density at radius 1 is 1.06 bits per heavy atom. The molecule has 2 N–H and O–H groups in total. The maximum absolute atomic E-state index is 5.36. The van der Waals surface area contributed by atoms with Gasteiger partial charge in [-0.3, -0.25) is 9.78 Å². The van der Waals surface area contributed by atoms with Gasteiger partial charge in [-0.15, -0.1) is 0 Å². The van der Waals surface area contributed by atoms with Crippen molar-refractivity contribution in [3.63, 3.8) is 0 Å². The fraction of sp³-hybridized carbons (Fsp3) is 0.346. The van der Waals surface area contributed by atoms with Gasteiger partial charge in [0.25, 0.3) is 0 Å². The van der Waals surface area contributed by atoms with E-state index in [2.05, 4.69) is 69.5 Å². The van der Waals surface area contributed by atoms with Crippen LogP contribution in [0.5, 0.6) is 0 Å². The SMILES string of the molecule is Cc1ccc2[nH]ncc2c1-c1nc(C2CC3(CNC3)C2)n(C)c1-c1ccc2c(cnn2C)c1. The van der Waals surface area contributed by atoms with Gasteiger partial charge < -0.3 is 9.88 Å². The lowest BCUT2D eigenvalue weighted by molar-refractivity contribution is 0.0321. The fourth-order valence-corrected chi connectivity index (χ4v) is 6.07. The predicted octanol–water partition coefficient (Wildman–Crippen LogP) is 4.29. The summed E-state index contributed by atoms with van der Waals surface area (Å²) in [6.07, 6.45) is 6.32. The first-order chi connectivity index (χ1) is 16.0. The second kappa shape index (κ2) is 6.54. The van der Waals surface area contributed by atoms with Crippen LogP contribution in [-0.4, -0.2) is 42.6 Å². The van der Waals surface area contributed by atoms with Crippen LogP contribution in [0.1, 0.15) is 30.1 Å². The Hall–Kier alpha value is -3.45. The van der Waals surface area contributed by atoms with E-state index in [4.69, 9.17) is 4.98 Å². The molecule has 7 nitrogen and oxygen atoms in total. The van der Waals surface area contributed by atoms with Gasteiger partial charge in [0.05, 0.1) is 34.8 Å². The van der Waals surface area contributed by atoms with Crippen molar-refractivity contribution in [2.75, 3.05) is 13.1 Å². The molecule has 0 unspecified atom stereocenters. The first kappa shape index (κ1) is 19.1. The van der Waals surface area contributed by atoms with E-state index in [1.807, 2.05) is 24.1 Å². The highest BCUT2D eigenvalue weighted by Gasteiger charge is 2.50. The molecule has 0 radical (unpaired) electrons. The molecular formula is C26H27N7. The van der Waals surface area contributed by atoms with E-state index < -0.39 is 0 Å². The number of rotatable bonds is 3. The summed E-state index contributed by atoms with van der Waals surface area (Å²) in [7, 11) is 4.17. The van der Waals surface area contributed by atoms with Gasteiger partial charge in [-0.25, -0.2) is 4.98 Å². The number of nitrogens with one attached hydrogen (secondary N) is 2. The second-order valence-electron chi connectivity index (χ2n) is 10.1. The Morgan fingerprint density at radius 2 is 1.91 bits per heavy atom. The van der Waals surface area contributed by atoms with Gasteiger partial charge in [0, 0.05) is 55.0 Å². The van der Waals surface area contributed by atoms with Crippen LogP contribution >= 0.6 is 0 Å². The van der Waals surface area contributed by atoms with Crippen LogP contribution < -0.4 is 5.32 Å². The van der Waals surface area contributed by atoms with Crippen LogP contribution in [0.4, 0.5) is 0 Å². The molecule has 0 amide bonds. The van der Waals surface area contributed by atoms with Crippen LogP contribution in [-0.2, 0) is 14.1 Å². The number of benzene rings is 2. The summed E-state index contributed by atoms with van der Waals surface area (Å²) in [5, 5.41) is 17.6. The monoisotopic (exact) mass is 437 g/mol. The highest BCUT2D eigenvalue weighted by molar-refractivity contribution is 5.99. The normalized spacial score (nSPS) is 17.7. The molecule has 166 valence electrons. The predicted molar refractivity (Wildman–Crippen MR) is 130 cm³/mol. The zero-order valence-corrected chi connectivity index (χ0v) is 19.2. The Morgan fingerprint density at radius 3 is 2.70 bits per heavy atom. The van der Waals surface area contributed by atoms with E-state index in [-0.39, 0.29) is 0 Å². The maximum atomic E-state index is 5.36. The number of fused-ring (bicyclic) bond motifs is 2. The average molecular weight is 438 g/mol. The van der Waals surface area contributed by atoms with Gasteiger partial charge in [0.15, 0.2) is 0 Å². The highest BCUT2D eigenvalue weighted by atomic mass is 15.2. The second-order valence-corrected chi connectivity index (χ2v) is 10.1. The Balaban J connectivity index is 1.46. The number of H-pyrrole nitrogens is 1. The first-order valence-electron chi connectivity index (χ1n) is 11.7. The quantitative estimate of drug-likeness (QED) is 0.441. The lowest BCUT2D eigenvalue weighted by Gasteiger charge is -2.54. The maximum Gasteiger partial charge on any atom is 0.112 e. The van der Waals surface area contributed by atoms with Crippen molar-refractivity contribution < 1.29 is 0 Å². The Bertz CT molecular complexity index is 1540. The fourth-order valence-electron chi connectivity index (χ4n) is 6.07. The number of hydrogen-bond donors (Lipinski definition) is 2. The Labute approximate surface area is 191 Å². The minimum atomic E-state index is 0.506. The molecule has 2 fully saturated rings. The minimum absolute atomic E-state index is 0.506. The largest absolute Gasteiger partial charge is 0.330 e. The molecule has 1 saturated carbocycles. The zero-order chi connectivity index (χ0) is 22.3. The van der Waals surface area contributed by atoms with Gasteiger partial charge in [0.1, 0.15) is 5.82 Å². The van der Waals surface area contributed by atoms with Crippen molar-refractivity contribution in [3.05, 3.63) is 54.1 Å². The summed E-state index contributed by atoms with van der Waals surface area (Å²) in [5.41, 5.74) is 8.45. The molecule has 0 atom stereocenters. The van der Waals surface area contributed by atoms with Crippen molar-refractivity contribution >= 4 is 21.8 Å². The molecule has 33 heavy (non-hydrogen) atoms. The molecule has 2 aliphatic rings. The lowest BCUT2D eigenvalue weighted by atomic mass is 9.58. The molecule has 4 heterocycles. The zero-order valence-electron chi connectivity index (χ0n) is 19.2. The summed E-state index contributed by atoms with van der Waals surface area (Å²) < 4.78 is 4.26. The standard InChI is InChI=1S/C26H27N7/c1-15-4-6-20-19(12-28-31-20)22(15)23-24(16-5-7-21-17(8-16)11-29-33(21)3)32(2)25(30-23)18-9-26(10-18)13-27-14-26/h4-8,11-12,18,27H,9-10,13-14H2,1-3H3,(H,28,31). The third kappa shape index (κ3) is 2.63. The summed E-state index contributed by atoms with van der Waals surface area (Å²) >= 11 is 0. The molecule has 1 aliphatic carbocycles. The molecule has 7 heteroatoms. The molecule has 1 saturated heterocycles. The van der Waals surface area contributed by atoms with E-state index in [0.29, 0.717) is 11.3 Å². The third-order valence-corrected chi connectivity index (χ3v) is 7.94. The number of aryl methyl sites for hydroxylation is 2. The lowest BCUT2D eigenvalue weighted by Crippen LogP contribution is -2.59. The average Bonchev–Trinajstić information content (AvgIpc) is 3.44. The van der Waals surface area contributed by atoms with Gasteiger partial charge in [-0.05, 0) is 48.9 Å². The van der Waals surface area contributed by atoms with Crippen LogP contribution in [0.3, 0.4) is 0 Å². The molecule has 3 aromatic heterocycles. The molecule has 1 spiro atoms. The molecule has 2 aromatic carbocycles. The number of aromatic nitrogens is 6. The van der Waals surface area contributed by atoms with Crippen LogP contribution in [0.15, 0.2) is 42.7 Å². The van der Waals surface area contributed by atoms with Crippen LogP contribution in [0.2, 0.25) is 0 Å². The summed E-state index contributed by atoms with van der Waals surface area (Å²) in [4.78, 5) is 5.36. The summed E-state index contributed by atoms with van der Waals surface area (Å²) in [5.74, 6) is 1.71. The van der Waals surface area contributed by atoms with E-state index in [9.17, 15) is 0 Å². The van der Waals surface area contributed by atoms with E-state index >= 15 is 0 Å². The number of hydrogen-bond acceptors (Lipinski definition) is 4. The topological polar surface area (TPSA) is 76.3 Å². The van der Waals surface area contributed by atoms with E-state index in [0.717, 1.165) is 40.6 Å². The van der Waals surface area contributed by atoms with Gasteiger partial charge in [-0.1, -0.05) is 12.1 Å². The van der Waals surface area contributed by atoms with Crippen molar-refractivity contribution in [2.45, 2.75) is 25.7 Å². The Kier molecular flexibility index (Phi) is 3.78. The van der Waals surface area contributed by atoms with Gasteiger partial charge >= 0.3 is 0 Å². The number of imidazole rings is 1. The van der Waals surface area contributed by atoms with Gasteiger partial charge in [-0.2, -0.15) is 10.2 Å². The van der Waals surface area contributed by atoms with Crippen molar-refractivity contribution in [2.24, 2.45) is 19.5 Å². The minimum Gasteiger partial charge on any atom is -0.330 e.